The van der Waals surface area contributed by atoms with Crippen molar-refractivity contribution in [3.63, 3.8) is 0 Å². The van der Waals surface area contributed by atoms with Gasteiger partial charge in [0.1, 0.15) is 0 Å². The number of nitrogens with two attached hydrogens (primary N) is 1. The van der Waals surface area contributed by atoms with Crippen LogP contribution >= 0.6 is 0 Å². The van der Waals surface area contributed by atoms with Crippen molar-refractivity contribution in [2.75, 3.05) is 19.4 Å². The molecular weight excluding hydrogens is 266 g/mol. The van der Waals surface area contributed by atoms with Crippen LogP contribution in [0.5, 0.6) is 0 Å². The lowest BCUT2D eigenvalue weighted by atomic mass is 10.1. The molecule has 21 heavy (non-hydrogen) atoms. The van der Waals surface area contributed by atoms with Gasteiger partial charge in [-0.2, -0.15) is 0 Å². The van der Waals surface area contributed by atoms with Crippen LogP contribution in [0.1, 0.15) is 25.0 Å². The van der Waals surface area contributed by atoms with Crippen molar-refractivity contribution in [2.45, 2.75) is 27.7 Å². The minimum absolute atomic E-state index is 0.855. The summed E-state index contributed by atoms with van der Waals surface area (Å²) in [7, 11) is 3.36. The Kier molecular flexibility index (Phi) is 14.3. The highest BCUT2D eigenvalue weighted by atomic mass is 16.8. The highest BCUT2D eigenvalue weighted by Crippen LogP contribution is 2.27. The largest absolute Gasteiger partial charge is 0.386 e. The molecule has 0 saturated carbocycles. The van der Waals surface area contributed by atoms with Crippen molar-refractivity contribution in [3.8, 4) is 0 Å². The number of nitrogens with one attached hydrogen (secondary N) is 1. The number of rotatable bonds is 5. The molecule has 0 fully saturated rings. The lowest BCUT2D eigenvalue weighted by Gasteiger charge is -2.08. The molecule has 0 bridgehead atoms. The van der Waals surface area contributed by atoms with Crippen LogP contribution < -0.4 is 11.1 Å². The molecule has 0 heterocycles. The topological polar surface area (TPSA) is 84.4 Å². The normalized spacial score (nSPS) is 9.48. The number of aryl methyl sites for hydroxylation is 2. The van der Waals surface area contributed by atoms with Gasteiger partial charge in [0, 0.05) is 20.0 Å². The smallest absolute Gasteiger partial charge is 0.0878 e. The predicted octanol–water partition coefficient (Wildman–Crippen LogP) is 3.27. The van der Waals surface area contributed by atoms with Gasteiger partial charge in [-0.25, -0.2) is 4.94 Å². The Bertz CT molecular complexity index is 456. The van der Waals surface area contributed by atoms with Gasteiger partial charge in [-0.3, -0.25) is 4.99 Å². The summed E-state index contributed by atoms with van der Waals surface area (Å²) in [6.07, 6.45) is 2.94. The SMILES string of the molecule is C=NO/N=C/C=Nc1cc(C)c(C)cc1NC.CC.CN. The fourth-order valence-corrected chi connectivity index (χ4v) is 1.31. The van der Waals surface area contributed by atoms with Gasteiger partial charge in [0.15, 0.2) is 0 Å². The molecule has 0 aromatic heterocycles. The van der Waals surface area contributed by atoms with E-state index in [1.807, 2.05) is 33.9 Å². The van der Waals surface area contributed by atoms with E-state index >= 15 is 0 Å². The first-order valence-electron chi connectivity index (χ1n) is 6.74. The van der Waals surface area contributed by atoms with Crippen molar-refractivity contribution in [2.24, 2.45) is 21.0 Å². The Morgan fingerprint density at radius 3 is 2.24 bits per heavy atom. The first-order chi connectivity index (χ1) is 10.2. The number of benzene rings is 1. The molecule has 0 aliphatic heterocycles. The fraction of sp³-hybridized carbons (Fsp3) is 0.400. The van der Waals surface area contributed by atoms with E-state index in [4.69, 9.17) is 0 Å². The third kappa shape index (κ3) is 8.54. The second-order valence-corrected chi connectivity index (χ2v) is 3.45. The van der Waals surface area contributed by atoms with Crippen molar-refractivity contribution < 1.29 is 4.94 Å². The Labute approximate surface area is 127 Å². The monoisotopic (exact) mass is 293 g/mol. The van der Waals surface area contributed by atoms with Crippen LogP contribution in [0, 0.1) is 13.8 Å². The van der Waals surface area contributed by atoms with Gasteiger partial charge >= 0.3 is 0 Å². The summed E-state index contributed by atoms with van der Waals surface area (Å²) in [6.45, 7) is 11.2. The van der Waals surface area contributed by atoms with Gasteiger partial charge < -0.3 is 11.1 Å². The molecule has 0 unspecified atom stereocenters. The Morgan fingerprint density at radius 2 is 1.71 bits per heavy atom. The molecule has 0 atom stereocenters. The molecule has 0 spiro atoms. The highest BCUT2D eigenvalue weighted by molar-refractivity contribution is 6.16. The van der Waals surface area contributed by atoms with Crippen molar-refractivity contribution in [1.82, 2.24) is 0 Å². The summed E-state index contributed by atoms with van der Waals surface area (Å²) in [6, 6.07) is 4.07. The van der Waals surface area contributed by atoms with Crippen LogP contribution in [0.4, 0.5) is 11.4 Å². The fourth-order valence-electron chi connectivity index (χ4n) is 1.31. The Hall–Kier alpha value is -2.21. The van der Waals surface area contributed by atoms with E-state index in [9.17, 15) is 0 Å². The molecular formula is C15H27N5O. The summed E-state index contributed by atoms with van der Waals surface area (Å²) in [5.41, 5.74) is 8.74. The van der Waals surface area contributed by atoms with E-state index in [-0.39, 0.29) is 0 Å². The highest BCUT2D eigenvalue weighted by Gasteiger charge is 2.01. The minimum atomic E-state index is 0.855. The molecule has 0 saturated heterocycles. The molecule has 3 N–H and O–H groups in total. The summed E-state index contributed by atoms with van der Waals surface area (Å²) in [5, 5.41) is 9.69. The number of aliphatic imine (C=N–C) groups is 1. The van der Waals surface area contributed by atoms with Gasteiger partial charge in [-0.05, 0) is 44.2 Å². The molecule has 118 valence electrons. The molecule has 1 aromatic carbocycles. The quantitative estimate of drug-likeness (QED) is 0.645. The van der Waals surface area contributed by atoms with Crippen LogP contribution in [-0.4, -0.2) is 33.2 Å². The van der Waals surface area contributed by atoms with Crippen molar-refractivity contribution in [3.05, 3.63) is 23.3 Å². The van der Waals surface area contributed by atoms with Crippen molar-refractivity contribution >= 4 is 30.5 Å². The lowest BCUT2D eigenvalue weighted by molar-refractivity contribution is 0.160. The summed E-state index contributed by atoms with van der Waals surface area (Å²) < 4.78 is 0. The van der Waals surface area contributed by atoms with Crippen molar-refractivity contribution in [1.29, 1.82) is 0 Å². The molecule has 0 aliphatic rings. The average Bonchev–Trinajstić information content (AvgIpc) is 2.54. The third-order valence-electron chi connectivity index (χ3n) is 2.33. The average molecular weight is 293 g/mol. The predicted molar refractivity (Wildman–Crippen MR) is 94.2 cm³/mol. The second kappa shape index (κ2) is 14.2. The van der Waals surface area contributed by atoms with Gasteiger partial charge in [-0.15, -0.1) is 0 Å². The van der Waals surface area contributed by atoms with Crippen LogP contribution in [-0.2, 0) is 4.94 Å². The van der Waals surface area contributed by atoms with Crippen LogP contribution in [0.15, 0.2) is 27.4 Å². The molecule has 6 heteroatoms. The Morgan fingerprint density at radius 1 is 1.14 bits per heavy atom. The lowest BCUT2D eigenvalue weighted by Crippen LogP contribution is -1.91. The first-order valence-corrected chi connectivity index (χ1v) is 6.74. The number of hydrogen-bond acceptors (Lipinski definition) is 6. The van der Waals surface area contributed by atoms with Crippen LogP contribution in [0.3, 0.4) is 0 Å². The zero-order valence-corrected chi connectivity index (χ0v) is 13.8. The van der Waals surface area contributed by atoms with Gasteiger partial charge in [-0.1, -0.05) is 24.2 Å². The van der Waals surface area contributed by atoms with E-state index in [0.29, 0.717) is 0 Å². The zero-order valence-electron chi connectivity index (χ0n) is 13.8. The Balaban J connectivity index is 0. The first kappa shape index (κ1) is 21.1. The number of oxime groups is 2. The zero-order chi connectivity index (χ0) is 16.7. The number of hydrogen-bond donors (Lipinski definition) is 2. The van der Waals surface area contributed by atoms with E-state index in [1.54, 1.807) is 0 Å². The van der Waals surface area contributed by atoms with E-state index in [0.717, 1.165) is 11.4 Å². The molecule has 0 aliphatic carbocycles. The third-order valence-corrected chi connectivity index (χ3v) is 2.33. The molecule has 6 nitrogen and oxygen atoms in total. The molecule has 1 rings (SSSR count). The van der Waals surface area contributed by atoms with Gasteiger partial charge in [0.2, 0.25) is 0 Å². The summed E-state index contributed by atoms with van der Waals surface area (Å²) in [4.78, 5) is 8.62. The maximum atomic E-state index is 4.50. The van der Waals surface area contributed by atoms with Gasteiger partial charge in [0.05, 0.1) is 17.6 Å². The van der Waals surface area contributed by atoms with Crippen LogP contribution in [0.25, 0.3) is 0 Å². The summed E-state index contributed by atoms with van der Waals surface area (Å²) in [5.74, 6) is 0. The standard InChI is InChI=1S/C12H16N4O.C2H6.CH5N/c1-9-7-11(13-3)12(8-10(9)2)15-5-6-16-17-14-4;2*1-2/h5-8,13H,4H2,1-3H3;1-2H3;2H2,1H3/b15-5?,16-6+;;. The van der Waals surface area contributed by atoms with Gasteiger partial charge in [0.25, 0.3) is 0 Å². The number of anilines is 1. The number of nitrogens with zero attached hydrogens (tertiary/aromatic N) is 3. The maximum absolute atomic E-state index is 4.50. The molecule has 1 aromatic rings. The summed E-state index contributed by atoms with van der Waals surface area (Å²) >= 11 is 0. The van der Waals surface area contributed by atoms with Crippen LogP contribution in [0.2, 0.25) is 0 Å². The molecule has 0 amide bonds. The minimum Gasteiger partial charge on any atom is -0.386 e. The maximum Gasteiger partial charge on any atom is 0.0878 e. The molecule has 0 radical (unpaired) electrons. The second-order valence-electron chi connectivity index (χ2n) is 3.45. The van der Waals surface area contributed by atoms with E-state index in [1.165, 1.54) is 30.6 Å². The van der Waals surface area contributed by atoms with E-state index in [2.05, 4.69) is 51.0 Å². The van der Waals surface area contributed by atoms with E-state index < -0.39 is 0 Å².